The van der Waals surface area contributed by atoms with Crippen molar-refractivity contribution in [3.05, 3.63) is 28.8 Å². The first-order valence-electron chi connectivity index (χ1n) is 8.05. The molecule has 2 saturated heterocycles. The molecular weight excluding hydrogens is 312 g/mol. The molecule has 1 aromatic carbocycles. The standard InChI is InChI=1S/C17H23BClNO3/c1-11-9-20(10-11)15(21)12-6-7-13(14(19)8-12)18-22-16(2,3)17(4,5)23-18/h6-8,11H,9-10H2,1-5H3. The van der Waals surface area contributed by atoms with Gasteiger partial charge in [0.25, 0.3) is 5.91 Å². The summed E-state index contributed by atoms with van der Waals surface area (Å²) in [6.07, 6.45) is 0. The Morgan fingerprint density at radius 2 is 1.78 bits per heavy atom. The van der Waals surface area contributed by atoms with Crippen LogP contribution in [0.3, 0.4) is 0 Å². The van der Waals surface area contributed by atoms with Crippen LogP contribution in [-0.4, -0.2) is 42.2 Å². The Morgan fingerprint density at radius 1 is 1.22 bits per heavy atom. The summed E-state index contributed by atoms with van der Waals surface area (Å²) in [5.74, 6) is 0.615. The molecule has 1 amide bonds. The van der Waals surface area contributed by atoms with Crippen molar-refractivity contribution in [3.63, 3.8) is 0 Å². The average molecular weight is 336 g/mol. The SMILES string of the molecule is CC1CN(C(=O)c2ccc(B3OC(C)(C)C(C)(C)O3)c(Cl)c2)C1. The largest absolute Gasteiger partial charge is 0.496 e. The number of likely N-dealkylation sites (tertiary alicyclic amines) is 1. The summed E-state index contributed by atoms with van der Waals surface area (Å²) in [6, 6.07) is 5.35. The molecule has 23 heavy (non-hydrogen) atoms. The number of carbonyl (C=O) groups excluding carboxylic acids is 1. The predicted molar refractivity (Wildman–Crippen MR) is 92.2 cm³/mol. The zero-order valence-corrected chi connectivity index (χ0v) is 15.1. The van der Waals surface area contributed by atoms with E-state index in [-0.39, 0.29) is 5.91 Å². The van der Waals surface area contributed by atoms with Crippen molar-refractivity contribution in [2.24, 2.45) is 5.92 Å². The lowest BCUT2D eigenvalue weighted by molar-refractivity contribution is 0.00578. The van der Waals surface area contributed by atoms with Gasteiger partial charge in [0.2, 0.25) is 0 Å². The highest BCUT2D eigenvalue weighted by molar-refractivity contribution is 6.65. The minimum Gasteiger partial charge on any atom is -0.399 e. The molecule has 4 nitrogen and oxygen atoms in total. The van der Waals surface area contributed by atoms with E-state index in [2.05, 4.69) is 6.92 Å². The second-order valence-electron chi connectivity index (χ2n) is 7.64. The van der Waals surface area contributed by atoms with Gasteiger partial charge >= 0.3 is 7.12 Å². The summed E-state index contributed by atoms with van der Waals surface area (Å²) in [5.41, 5.74) is 0.549. The lowest BCUT2D eigenvalue weighted by Gasteiger charge is -2.37. The first-order chi connectivity index (χ1) is 10.6. The fourth-order valence-electron chi connectivity index (χ4n) is 2.87. The van der Waals surface area contributed by atoms with E-state index in [1.54, 1.807) is 12.1 Å². The Kier molecular flexibility index (Phi) is 4.02. The van der Waals surface area contributed by atoms with Crippen LogP contribution in [0.1, 0.15) is 45.0 Å². The van der Waals surface area contributed by atoms with Gasteiger partial charge in [0.1, 0.15) is 0 Å². The van der Waals surface area contributed by atoms with Crippen LogP contribution >= 0.6 is 11.6 Å². The Balaban J connectivity index is 1.80. The molecule has 0 saturated carbocycles. The van der Waals surface area contributed by atoms with E-state index in [1.165, 1.54) is 0 Å². The molecular formula is C17H23BClNO3. The molecule has 2 heterocycles. The van der Waals surface area contributed by atoms with Gasteiger partial charge in [-0.15, -0.1) is 0 Å². The number of halogens is 1. The number of hydrogen-bond donors (Lipinski definition) is 0. The highest BCUT2D eigenvalue weighted by Crippen LogP contribution is 2.37. The van der Waals surface area contributed by atoms with E-state index in [9.17, 15) is 4.79 Å². The minimum atomic E-state index is -0.513. The Morgan fingerprint density at radius 3 is 2.26 bits per heavy atom. The fraction of sp³-hybridized carbons (Fsp3) is 0.588. The van der Waals surface area contributed by atoms with E-state index >= 15 is 0 Å². The van der Waals surface area contributed by atoms with Gasteiger partial charge in [0, 0.05) is 29.1 Å². The lowest BCUT2D eigenvalue weighted by atomic mass is 9.78. The first kappa shape index (κ1) is 16.8. The van der Waals surface area contributed by atoms with Crippen LogP contribution in [0.4, 0.5) is 0 Å². The highest BCUT2D eigenvalue weighted by atomic mass is 35.5. The molecule has 0 unspecified atom stereocenters. The van der Waals surface area contributed by atoms with Crippen LogP contribution in [0.15, 0.2) is 18.2 Å². The smallest absolute Gasteiger partial charge is 0.399 e. The average Bonchev–Trinajstić information content (AvgIpc) is 2.62. The van der Waals surface area contributed by atoms with Crippen LogP contribution in [0.25, 0.3) is 0 Å². The van der Waals surface area contributed by atoms with Crippen LogP contribution in [0.5, 0.6) is 0 Å². The van der Waals surface area contributed by atoms with E-state index in [1.807, 2.05) is 38.7 Å². The maximum Gasteiger partial charge on any atom is 0.496 e. The van der Waals surface area contributed by atoms with Gasteiger partial charge < -0.3 is 14.2 Å². The molecule has 2 fully saturated rings. The van der Waals surface area contributed by atoms with Gasteiger partial charge in [-0.1, -0.05) is 24.6 Å². The quantitative estimate of drug-likeness (QED) is 0.780. The number of benzene rings is 1. The number of carbonyl (C=O) groups is 1. The van der Waals surface area contributed by atoms with Gasteiger partial charge in [0.15, 0.2) is 0 Å². The normalized spacial score (nSPS) is 23.0. The summed E-state index contributed by atoms with van der Waals surface area (Å²) < 4.78 is 12.0. The van der Waals surface area contributed by atoms with Gasteiger partial charge in [-0.3, -0.25) is 4.79 Å². The molecule has 0 spiro atoms. The van der Waals surface area contributed by atoms with Gasteiger partial charge in [-0.2, -0.15) is 0 Å². The third-order valence-corrected chi connectivity index (χ3v) is 5.43. The summed E-state index contributed by atoms with van der Waals surface area (Å²) >= 11 is 6.40. The fourth-order valence-corrected chi connectivity index (χ4v) is 3.14. The number of amides is 1. The summed E-state index contributed by atoms with van der Waals surface area (Å²) in [6.45, 7) is 11.8. The van der Waals surface area contributed by atoms with Crippen molar-refractivity contribution in [1.29, 1.82) is 0 Å². The maximum absolute atomic E-state index is 12.4. The summed E-state index contributed by atoms with van der Waals surface area (Å²) in [7, 11) is -0.513. The maximum atomic E-state index is 12.4. The zero-order valence-electron chi connectivity index (χ0n) is 14.4. The summed E-state index contributed by atoms with van der Waals surface area (Å²) in [5, 5.41) is 0.503. The van der Waals surface area contributed by atoms with Gasteiger partial charge in [-0.25, -0.2) is 0 Å². The van der Waals surface area contributed by atoms with Crippen LogP contribution in [0.2, 0.25) is 5.02 Å². The molecule has 1 aromatic rings. The second kappa shape index (κ2) is 5.50. The zero-order chi connectivity index (χ0) is 17.0. The van der Waals surface area contributed by atoms with Crippen molar-refractivity contribution in [2.45, 2.75) is 45.8 Å². The molecule has 0 radical (unpaired) electrons. The molecule has 0 atom stereocenters. The summed E-state index contributed by atoms with van der Waals surface area (Å²) in [4.78, 5) is 14.2. The Labute approximate surface area is 143 Å². The van der Waals surface area contributed by atoms with E-state index in [0.717, 1.165) is 18.6 Å². The number of hydrogen-bond acceptors (Lipinski definition) is 3. The van der Waals surface area contributed by atoms with Gasteiger partial charge in [-0.05, 0) is 45.7 Å². The second-order valence-corrected chi connectivity index (χ2v) is 8.05. The molecule has 0 N–H and O–H groups in total. The van der Waals surface area contributed by atoms with Crippen LogP contribution in [-0.2, 0) is 9.31 Å². The van der Waals surface area contributed by atoms with E-state index in [0.29, 0.717) is 16.5 Å². The third-order valence-electron chi connectivity index (χ3n) is 5.11. The van der Waals surface area contributed by atoms with Crippen molar-refractivity contribution in [3.8, 4) is 0 Å². The number of nitrogens with zero attached hydrogens (tertiary/aromatic N) is 1. The molecule has 0 bridgehead atoms. The first-order valence-corrected chi connectivity index (χ1v) is 8.43. The Hall–Kier alpha value is -1.04. The monoisotopic (exact) mass is 335 g/mol. The van der Waals surface area contributed by atoms with Crippen molar-refractivity contribution in [2.75, 3.05) is 13.1 Å². The van der Waals surface area contributed by atoms with E-state index in [4.69, 9.17) is 20.9 Å². The van der Waals surface area contributed by atoms with Crippen LogP contribution in [0, 0.1) is 5.92 Å². The third kappa shape index (κ3) is 2.90. The Bertz CT molecular complexity index is 625. The highest BCUT2D eigenvalue weighted by Gasteiger charge is 2.52. The molecule has 2 aliphatic rings. The molecule has 2 aliphatic heterocycles. The minimum absolute atomic E-state index is 0.0328. The molecule has 0 aromatic heterocycles. The molecule has 124 valence electrons. The van der Waals surface area contributed by atoms with Crippen LogP contribution < -0.4 is 5.46 Å². The molecule has 3 rings (SSSR count). The van der Waals surface area contributed by atoms with Crippen molar-refractivity contribution in [1.82, 2.24) is 4.90 Å². The van der Waals surface area contributed by atoms with Gasteiger partial charge in [0.05, 0.1) is 11.2 Å². The lowest BCUT2D eigenvalue weighted by Crippen LogP contribution is -2.48. The van der Waals surface area contributed by atoms with E-state index < -0.39 is 18.3 Å². The predicted octanol–water partition coefficient (Wildman–Crippen LogP) is 2.73. The van der Waals surface area contributed by atoms with Crippen molar-refractivity contribution < 1.29 is 14.1 Å². The molecule has 6 heteroatoms. The molecule has 0 aliphatic carbocycles. The van der Waals surface area contributed by atoms with Crippen molar-refractivity contribution >= 4 is 30.1 Å². The topological polar surface area (TPSA) is 38.8 Å². The number of rotatable bonds is 2.